The third kappa shape index (κ3) is 5.86. The average Bonchev–Trinajstić information content (AvgIpc) is 3.12. The first kappa shape index (κ1) is 27.6. The van der Waals surface area contributed by atoms with Gasteiger partial charge in [0.2, 0.25) is 0 Å². The summed E-state index contributed by atoms with van der Waals surface area (Å²) in [7, 11) is 0. The predicted octanol–water partition coefficient (Wildman–Crippen LogP) is 5.66. The van der Waals surface area contributed by atoms with Crippen LogP contribution in [0.5, 0.6) is 0 Å². The van der Waals surface area contributed by atoms with Crippen molar-refractivity contribution in [3.05, 3.63) is 100 Å². The summed E-state index contributed by atoms with van der Waals surface area (Å²) in [6, 6.07) is 20.2. The number of nitrogens with one attached hydrogen (secondary N) is 1. The molecular weight excluding hydrogens is 518 g/mol. The van der Waals surface area contributed by atoms with Gasteiger partial charge >= 0.3 is 5.97 Å². The number of aryl methyl sites for hydroxylation is 1. The summed E-state index contributed by atoms with van der Waals surface area (Å²) < 4.78 is 5.16. The highest BCUT2D eigenvalue weighted by molar-refractivity contribution is 6.53. The lowest BCUT2D eigenvalue weighted by molar-refractivity contribution is -0.120. The van der Waals surface area contributed by atoms with Crippen molar-refractivity contribution in [2.75, 3.05) is 21.7 Å². The molecule has 0 unspecified atom stereocenters. The minimum atomic E-state index is -0.690. The summed E-state index contributed by atoms with van der Waals surface area (Å²) >= 11 is 6.25. The first-order chi connectivity index (χ1) is 18.6. The maximum absolute atomic E-state index is 13.1. The van der Waals surface area contributed by atoms with E-state index < -0.39 is 17.8 Å². The molecule has 0 atom stereocenters. The molecule has 1 N–H and O–H groups in total. The molecule has 0 spiro atoms. The van der Waals surface area contributed by atoms with Gasteiger partial charge in [0.25, 0.3) is 17.7 Å². The molecule has 1 aliphatic rings. The van der Waals surface area contributed by atoms with E-state index in [1.807, 2.05) is 38.1 Å². The van der Waals surface area contributed by atoms with Crippen LogP contribution in [0.15, 0.2) is 83.5 Å². The van der Waals surface area contributed by atoms with Gasteiger partial charge in [0.1, 0.15) is 10.7 Å². The number of carbonyl (C=O) groups is 4. The molecule has 0 bridgehead atoms. The molecule has 0 radical (unpaired) electrons. The highest BCUT2D eigenvalue weighted by Crippen LogP contribution is 2.30. The minimum Gasteiger partial charge on any atom is -0.459 e. The number of imide groups is 1. The molecule has 3 aromatic carbocycles. The fourth-order valence-corrected chi connectivity index (χ4v) is 4.32. The van der Waals surface area contributed by atoms with Crippen LogP contribution in [0.1, 0.15) is 47.1 Å². The van der Waals surface area contributed by atoms with Crippen molar-refractivity contribution >= 4 is 52.4 Å². The normalized spacial score (nSPS) is 13.2. The third-order valence-electron chi connectivity index (χ3n) is 6.01. The van der Waals surface area contributed by atoms with Gasteiger partial charge in [-0.15, -0.1) is 0 Å². The first-order valence-corrected chi connectivity index (χ1v) is 12.8. The number of nitrogens with zero attached hydrogens (tertiary/aromatic N) is 2. The molecule has 0 aliphatic carbocycles. The van der Waals surface area contributed by atoms with E-state index >= 15 is 0 Å². The lowest BCUT2D eigenvalue weighted by Gasteiger charge is -2.21. The van der Waals surface area contributed by atoms with E-state index in [0.29, 0.717) is 23.4 Å². The summed E-state index contributed by atoms with van der Waals surface area (Å²) in [6.07, 6.45) is -0.276. The molecule has 9 heteroatoms. The topological polar surface area (TPSA) is 96.0 Å². The Bertz CT molecular complexity index is 1460. The number of amides is 3. The molecule has 3 amide bonds. The summed E-state index contributed by atoms with van der Waals surface area (Å²) in [5, 5.41) is 2.64. The van der Waals surface area contributed by atoms with Crippen molar-refractivity contribution in [2.45, 2.75) is 33.8 Å². The van der Waals surface area contributed by atoms with Gasteiger partial charge in [0.05, 0.1) is 17.4 Å². The Balaban J connectivity index is 1.48. The van der Waals surface area contributed by atoms with E-state index in [0.717, 1.165) is 16.2 Å². The standard InChI is InChI=1S/C30H28ClN3O5/c1-5-33(24-8-6-7-19(4)17-24)27(35)20-9-13-22(14-10-20)32-26-25(31)28(36)34(29(26)37)23-15-11-21(12-16-23)30(38)39-18(2)3/h6-18,32H,5H2,1-4H3. The summed E-state index contributed by atoms with van der Waals surface area (Å²) in [5.41, 5.74) is 3.28. The fraction of sp³-hybridized carbons (Fsp3) is 0.200. The van der Waals surface area contributed by atoms with Gasteiger partial charge in [0, 0.05) is 23.5 Å². The number of hydrogen-bond donors (Lipinski definition) is 1. The molecule has 0 fully saturated rings. The second-order valence-electron chi connectivity index (χ2n) is 9.23. The Morgan fingerprint density at radius 3 is 2.18 bits per heavy atom. The molecule has 39 heavy (non-hydrogen) atoms. The SMILES string of the molecule is CCN(C(=O)c1ccc(NC2=C(Cl)C(=O)N(c3ccc(C(=O)OC(C)C)cc3)C2=O)cc1)c1cccc(C)c1. The zero-order valence-corrected chi connectivity index (χ0v) is 22.8. The van der Waals surface area contributed by atoms with Gasteiger partial charge in [-0.3, -0.25) is 14.4 Å². The van der Waals surface area contributed by atoms with Crippen LogP contribution in [0, 0.1) is 6.92 Å². The predicted molar refractivity (Wildman–Crippen MR) is 151 cm³/mol. The zero-order chi connectivity index (χ0) is 28.3. The van der Waals surface area contributed by atoms with Crippen LogP contribution >= 0.6 is 11.6 Å². The second kappa shape index (κ2) is 11.5. The highest BCUT2D eigenvalue weighted by Gasteiger charge is 2.39. The van der Waals surface area contributed by atoms with Gasteiger partial charge in [-0.1, -0.05) is 23.7 Å². The lowest BCUT2D eigenvalue weighted by Crippen LogP contribution is -2.32. The minimum absolute atomic E-state index is 0.0843. The molecule has 200 valence electrons. The van der Waals surface area contributed by atoms with Crippen molar-refractivity contribution in [3.63, 3.8) is 0 Å². The van der Waals surface area contributed by atoms with E-state index in [-0.39, 0.29) is 28.4 Å². The number of rotatable bonds is 8. The van der Waals surface area contributed by atoms with Crippen molar-refractivity contribution in [1.29, 1.82) is 0 Å². The van der Waals surface area contributed by atoms with Crippen LogP contribution in [0.25, 0.3) is 0 Å². The molecular formula is C30H28ClN3O5. The maximum atomic E-state index is 13.1. The van der Waals surface area contributed by atoms with Gasteiger partial charge < -0.3 is 15.0 Å². The van der Waals surface area contributed by atoms with Gasteiger partial charge in [-0.25, -0.2) is 9.69 Å². The number of benzene rings is 3. The smallest absolute Gasteiger partial charge is 0.338 e. The molecule has 0 saturated heterocycles. The third-order valence-corrected chi connectivity index (χ3v) is 6.36. The van der Waals surface area contributed by atoms with Crippen molar-refractivity contribution in [1.82, 2.24) is 0 Å². The summed E-state index contributed by atoms with van der Waals surface area (Å²) in [4.78, 5) is 53.8. The molecule has 1 aliphatic heterocycles. The van der Waals surface area contributed by atoms with Gasteiger partial charge in [-0.05, 0) is 93.9 Å². The molecule has 0 aromatic heterocycles. The Kier molecular flexibility index (Phi) is 8.16. The molecule has 3 aromatic rings. The van der Waals surface area contributed by atoms with Crippen molar-refractivity contribution in [2.24, 2.45) is 0 Å². The molecule has 4 rings (SSSR count). The number of esters is 1. The highest BCUT2D eigenvalue weighted by atomic mass is 35.5. The maximum Gasteiger partial charge on any atom is 0.338 e. The largest absolute Gasteiger partial charge is 0.459 e. The second-order valence-corrected chi connectivity index (χ2v) is 9.60. The number of carbonyl (C=O) groups excluding carboxylic acids is 4. The first-order valence-electron chi connectivity index (χ1n) is 12.5. The fourth-order valence-electron chi connectivity index (χ4n) is 4.11. The van der Waals surface area contributed by atoms with E-state index in [9.17, 15) is 19.2 Å². The summed E-state index contributed by atoms with van der Waals surface area (Å²) in [5.74, 6) is -1.99. The van der Waals surface area contributed by atoms with E-state index in [1.54, 1.807) is 43.0 Å². The number of ether oxygens (including phenoxy) is 1. The monoisotopic (exact) mass is 545 g/mol. The van der Waals surface area contributed by atoms with Gasteiger partial charge in [-0.2, -0.15) is 0 Å². The Hall–Kier alpha value is -4.43. The van der Waals surface area contributed by atoms with Crippen LogP contribution in [0.4, 0.5) is 17.1 Å². The zero-order valence-electron chi connectivity index (χ0n) is 22.0. The molecule has 8 nitrogen and oxygen atoms in total. The van der Waals surface area contributed by atoms with Crippen LogP contribution in [0.2, 0.25) is 0 Å². The van der Waals surface area contributed by atoms with E-state index in [4.69, 9.17) is 16.3 Å². The molecule has 0 saturated carbocycles. The quantitative estimate of drug-likeness (QED) is 0.290. The van der Waals surface area contributed by atoms with E-state index in [2.05, 4.69) is 5.32 Å². The van der Waals surface area contributed by atoms with Crippen LogP contribution in [-0.4, -0.2) is 36.3 Å². The van der Waals surface area contributed by atoms with Crippen LogP contribution < -0.4 is 15.1 Å². The molecule has 1 heterocycles. The number of hydrogen-bond acceptors (Lipinski definition) is 6. The Labute approximate surface area is 231 Å². The van der Waals surface area contributed by atoms with Crippen molar-refractivity contribution in [3.8, 4) is 0 Å². The van der Waals surface area contributed by atoms with Crippen LogP contribution in [0.3, 0.4) is 0 Å². The lowest BCUT2D eigenvalue weighted by atomic mass is 10.1. The van der Waals surface area contributed by atoms with Crippen LogP contribution in [-0.2, 0) is 14.3 Å². The van der Waals surface area contributed by atoms with Crippen molar-refractivity contribution < 1.29 is 23.9 Å². The number of halogens is 1. The Morgan fingerprint density at radius 2 is 1.59 bits per heavy atom. The summed E-state index contributed by atoms with van der Waals surface area (Å²) in [6.45, 7) is 7.86. The average molecular weight is 546 g/mol. The van der Waals surface area contributed by atoms with Gasteiger partial charge in [0.15, 0.2) is 0 Å². The van der Waals surface area contributed by atoms with E-state index in [1.165, 1.54) is 24.3 Å². The Morgan fingerprint density at radius 1 is 0.949 bits per heavy atom. The number of anilines is 3.